The summed E-state index contributed by atoms with van der Waals surface area (Å²) >= 11 is 0. The quantitative estimate of drug-likeness (QED) is 0.806. The highest BCUT2D eigenvalue weighted by Crippen LogP contribution is 2.27. The Morgan fingerprint density at radius 3 is 2.27 bits per heavy atom. The molecule has 3 rings (SSSR count). The molecule has 0 radical (unpaired) electrons. The fraction of sp³-hybridized carbons (Fsp3) is 0.0625. The molecule has 1 aromatic heterocycles. The fourth-order valence-electron chi connectivity index (χ4n) is 2.17. The van der Waals surface area contributed by atoms with E-state index in [0.717, 1.165) is 5.56 Å². The van der Waals surface area contributed by atoms with Crippen LogP contribution in [-0.4, -0.2) is 18.2 Å². The van der Waals surface area contributed by atoms with Gasteiger partial charge in [0.1, 0.15) is 10.7 Å². The van der Waals surface area contributed by atoms with E-state index in [-0.39, 0.29) is 15.6 Å². The zero-order valence-corrected chi connectivity index (χ0v) is 12.8. The number of anilines is 1. The van der Waals surface area contributed by atoms with E-state index in [1.54, 1.807) is 24.3 Å². The molecule has 0 aliphatic rings. The monoisotopic (exact) mass is 313 g/mol. The first-order valence-corrected chi connectivity index (χ1v) is 8.19. The van der Waals surface area contributed by atoms with Crippen molar-refractivity contribution in [2.45, 2.75) is 16.7 Å². The normalized spacial score (nSPS) is 11.5. The minimum atomic E-state index is -3.68. The van der Waals surface area contributed by atoms with Crippen LogP contribution in [0.25, 0.3) is 5.69 Å². The van der Waals surface area contributed by atoms with Crippen LogP contribution in [0.2, 0.25) is 0 Å². The Morgan fingerprint density at radius 2 is 1.64 bits per heavy atom. The maximum Gasteiger partial charge on any atom is 0.211 e. The molecule has 6 heteroatoms. The minimum Gasteiger partial charge on any atom is -0.382 e. The first-order chi connectivity index (χ1) is 10.5. The lowest BCUT2D eigenvalue weighted by Gasteiger charge is -2.06. The van der Waals surface area contributed by atoms with E-state index in [0.29, 0.717) is 5.69 Å². The van der Waals surface area contributed by atoms with Gasteiger partial charge in [0.15, 0.2) is 0 Å². The van der Waals surface area contributed by atoms with Crippen molar-refractivity contribution in [1.82, 2.24) is 9.78 Å². The van der Waals surface area contributed by atoms with Crippen LogP contribution in [0.5, 0.6) is 0 Å². The van der Waals surface area contributed by atoms with Crippen LogP contribution in [0.15, 0.2) is 70.6 Å². The minimum absolute atomic E-state index is 0.0141. The van der Waals surface area contributed by atoms with E-state index >= 15 is 0 Å². The van der Waals surface area contributed by atoms with Crippen molar-refractivity contribution >= 4 is 15.7 Å². The summed E-state index contributed by atoms with van der Waals surface area (Å²) in [6, 6.07) is 15.8. The Bertz CT molecular complexity index is 898. The van der Waals surface area contributed by atoms with Gasteiger partial charge in [-0.3, -0.25) is 0 Å². The van der Waals surface area contributed by atoms with Gasteiger partial charge in [-0.15, -0.1) is 0 Å². The lowest BCUT2D eigenvalue weighted by Crippen LogP contribution is -2.07. The summed E-state index contributed by atoms with van der Waals surface area (Å²) in [4.78, 5) is 0.220. The average Bonchev–Trinajstić information content (AvgIpc) is 2.91. The highest BCUT2D eigenvalue weighted by molar-refractivity contribution is 7.91. The molecule has 1 heterocycles. The van der Waals surface area contributed by atoms with Gasteiger partial charge in [-0.1, -0.05) is 35.9 Å². The molecular formula is C16H15N3O2S. The highest BCUT2D eigenvalue weighted by Gasteiger charge is 2.24. The summed E-state index contributed by atoms with van der Waals surface area (Å²) in [5.74, 6) is 0.103. The van der Waals surface area contributed by atoms with Crippen LogP contribution in [0.3, 0.4) is 0 Å². The zero-order valence-electron chi connectivity index (χ0n) is 12.0. The van der Waals surface area contributed by atoms with Crippen LogP contribution in [0.4, 0.5) is 5.82 Å². The van der Waals surface area contributed by atoms with Crippen LogP contribution in [-0.2, 0) is 9.84 Å². The number of nitrogens with two attached hydrogens (primary N) is 1. The first kappa shape index (κ1) is 14.3. The summed E-state index contributed by atoms with van der Waals surface area (Å²) in [6.07, 6.45) is 1.29. The number of nitrogens with zero attached hydrogens (tertiary/aromatic N) is 2. The molecule has 2 N–H and O–H groups in total. The number of hydrogen-bond acceptors (Lipinski definition) is 4. The van der Waals surface area contributed by atoms with Crippen molar-refractivity contribution in [3.05, 3.63) is 66.4 Å². The maximum absolute atomic E-state index is 12.7. The number of sulfone groups is 1. The summed E-state index contributed by atoms with van der Waals surface area (Å²) in [7, 11) is -3.68. The van der Waals surface area contributed by atoms with Crippen molar-refractivity contribution in [3.8, 4) is 5.69 Å². The molecule has 0 fully saturated rings. The van der Waals surface area contributed by atoms with E-state index in [2.05, 4.69) is 5.10 Å². The second-order valence-electron chi connectivity index (χ2n) is 4.96. The van der Waals surface area contributed by atoms with Gasteiger partial charge in [0, 0.05) is 0 Å². The molecule has 22 heavy (non-hydrogen) atoms. The van der Waals surface area contributed by atoms with Crippen LogP contribution in [0.1, 0.15) is 5.56 Å². The predicted molar refractivity (Wildman–Crippen MR) is 84.6 cm³/mol. The van der Waals surface area contributed by atoms with E-state index in [1.807, 2.05) is 37.3 Å². The summed E-state index contributed by atoms with van der Waals surface area (Å²) in [6.45, 7) is 1.90. The molecule has 0 saturated carbocycles. The zero-order chi connectivity index (χ0) is 15.7. The first-order valence-electron chi connectivity index (χ1n) is 6.71. The van der Waals surface area contributed by atoms with Gasteiger partial charge >= 0.3 is 0 Å². The van der Waals surface area contributed by atoms with Gasteiger partial charge in [-0.2, -0.15) is 5.10 Å². The van der Waals surface area contributed by atoms with Gasteiger partial charge in [-0.25, -0.2) is 13.1 Å². The largest absolute Gasteiger partial charge is 0.382 e. The predicted octanol–water partition coefficient (Wildman–Crippen LogP) is 2.60. The van der Waals surface area contributed by atoms with E-state index in [9.17, 15) is 8.42 Å². The van der Waals surface area contributed by atoms with Crippen LogP contribution in [0, 0.1) is 6.92 Å². The second-order valence-corrected chi connectivity index (χ2v) is 6.88. The molecule has 3 aromatic rings. The van der Waals surface area contributed by atoms with Gasteiger partial charge < -0.3 is 5.73 Å². The molecule has 0 unspecified atom stereocenters. The molecule has 5 nitrogen and oxygen atoms in total. The summed E-state index contributed by atoms with van der Waals surface area (Å²) in [5, 5.41) is 4.11. The van der Waals surface area contributed by atoms with Crippen molar-refractivity contribution in [3.63, 3.8) is 0 Å². The highest BCUT2D eigenvalue weighted by atomic mass is 32.2. The van der Waals surface area contributed by atoms with Gasteiger partial charge in [-0.05, 0) is 31.2 Å². The number of nitrogen functional groups attached to an aromatic ring is 1. The van der Waals surface area contributed by atoms with Gasteiger partial charge in [0.2, 0.25) is 9.84 Å². The molecule has 0 aliphatic carbocycles. The van der Waals surface area contributed by atoms with Crippen molar-refractivity contribution in [2.75, 3.05) is 5.73 Å². The average molecular weight is 313 g/mol. The number of aryl methyl sites for hydroxylation is 1. The molecular weight excluding hydrogens is 298 g/mol. The number of para-hydroxylation sites is 1. The van der Waals surface area contributed by atoms with Gasteiger partial charge in [0.05, 0.1) is 16.8 Å². The van der Waals surface area contributed by atoms with Gasteiger partial charge in [0.25, 0.3) is 0 Å². The molecule has 0 amide bonds. The molecule has 0 bridgehead atoms. The Kier molecular flexibility index (Phi) is 3.46. The third-order valence-electron chi connectivity index (χ3n) is 3.39. The molecule has 0 spiro atoms. The smallest absolute Gasteiger partial charge is 0.211 e. The summed E-state index contributed by atoms with van der Waals surface area (Å²) in [5.41, 5.74) is 7.72. The third kappa shape index (κ3) is 2.37. The number of benzene rings is 2. The Morgan fingerprint density at radius 1 is 1.00 bits per heavy atom. The maximum atomic E-state index is 12.7. The topological polar surface area (TPSA) is 78.0 Å². The number of hydrogen-bond donors (Lipinski definition) is 1. The third-order valence-corrected chi connectivity index (χ3v) is 5.18. The molecule has 2 aromatic carbocycles. The van der Waals surface area contributed by atoms with Crippen molar-refractivity contribution in [1.29, 1.82) is 0 Å². The lowest BCUT2D eigenvalue weighted by molar-refractivity contribution is 0.596. The number of rotatable bonds is 3. The van der Waals surface area contributed by atoms with Crippen LogP contribution >= 0.6 is 0 Å². The second kappa shape index (κ2) is 5.31. The van der Waals surface area contributed by atoms with E-state index in [4.69, 9.17) is 5.73 Å². The summed E-state index contributed by atoms with van der Waals surface area (Å²) < 4.78 is 26.8. The van der Waals surface area contributed by atoms with E-state index in [1.165, 1.54) is 10.9 Å². The van der Waals surface area contributed by atoms with Crippen molar-refractivity contribution in [2.24, 2.45) is 0 Å². The number of aromatic nitrogens is 2. The van der Waals surface area contributed by atoms with Crippen molar-refractivity contribution < 1.29 is 8.42 Å². The molecule has 0 saturated heterocycles. The molecule has 0 atom stereocenters. The Labute approximate surface area is 128 Å². The Balaban J connectivity index is 2.10. The standard InChI is InChI=1S/C16H15N3O2S/c1-12-7-9-14(10-8-12)22(20,21)15-11-18-19(16(15)17)13-5-3-2-4-6-13/h2-11H,17H2,1H3. The lowest BCUT2D eigenvalue weighted by atomic mass is 10.2. The molecule has 112 valence electrons. The fourth-order valence-corrected chi connectivity index (χ4v) is 3.47. The SMILES string of the molecule is Cc1ccc(S(=O)(=O)c2cnn(-c3ccccc3)c2N)cc1. The molecule has 0 aliphatic heterocycles. The Hall–Kier alpha value is -2.60. The van der Waals surface area contributed by atoms with E-state index < -0.39 is 9.84 Å². The van der Waals surface area contributed by atoms with Crippen LogP contribution < -0.4 is 5.73 Å².